The van der Waals surface area contributed by atoms with Crippen LogP contribution < -0.4 is 5.32 Å². The van der Waals surface area contributed by atoms with Crippen LogP contribution in [0.4, 0.5) is 5.69 Å². The van der Waals surface area contributed by atoms with E-state index in [1.165, 1.54) is 0 Å². The van der Waals surface area contributed by atoms with Gasteiger partial charge in [-0.15, -0.1) is 0 Å². The lowest BCUT2D eigenvalue weighted by molar-refractivity contribution is 0.0695. The molecule has 0 bridgehead atoms. The molecule has 1 aliphatic rings. The molecule has 1 N–H and O–H groups in total. The number of aryl methyl sites for hydroxylation is 1. The average Bonchev–Trinajstić information content (AvgIpc) is 3.20. The maximum absolute atomic E-state index is 12.9. The van der Waals surface area contributed by atoms with E-state index in [2.05, 4.69) is 15.5 Å². The number of carbonyl (C=O) groups is 1. The first-order valence-electron chi connectivity index (χ1n) is 9.76. The number of carbonyl (C=O) groups excluding carboxylic acids is 1. The second-order valence-electron chi connectivity index (χ2n) is 7.33. The van der Waals surface area contributed by atoms with Crippen LogP contribution in [0.3, 0.4) is 0 Å². The first-order valence-corrected chi connectivity index (χ1v) is 10.1. The fourth-order valence-corrected chi connectivity index (χ4v) is 3.69. The van der Waals surface area contributed by atoms with Crippen molar-refractivity contribution in [2.45, 2.75) is 32.2 Å². The van der Waals surface area contributed by atoms with E-state index in [1.807, 2.05) is 53.4 Å². The maximum Gasteiger partial charge on any atom is 0.253 e. The van der Waals surface area contributed by atoms with Crippen molar-refractivity contribution in [3.8, 4) is 0 Å². The molecule has 1 saturated heterocycles. The van der Waals surface area contributed by atoms with Gasteiger partial charge < -0.3 is 14.7 Å². The summed E-state index contributed by atoms with van der Waals surface area (Å²) in [5.41, 5.74) is 2.80. The zero-order valence-corrected chi connectivity index (χ0v) is 17.0. The van der Waals surface area contributed by atoms with Crippen molar-refractivity contribution >= 4 is 23.2 Å². The third-order valence-electron chi connectivity index (χ3n) is 5.14. The number of amides is 1. The summed E-state index contributed by atoms with van der Waals surface area (Å²) in [5, 5.41) is 7.96. The zero-order chi connectivity index (χ0) is 20.2. The Labute approximate surface area is 174 Å². The molecule has 4 rings (SSSR count). The standard InChI is InChI=1S/C22H23ClN4O2/c1-15-25-21(29-26-15)18-3-2-12-27(14-18)22(28)17-6-10-20(11-7-17)24-13-16-4-8-19(23)9-5-16/h4-11,18,24H,2-3,12-14H2,1H3. The SMILES string of the molecule is Cc1noc(C2CCCN(C(=O)c3ccc(NCc4ccc(Cl)cc4)cc3)C2)n1. The molecule has 1 fully saturated rings. The van der Waals surface area contributed by atoms with Crippen LogP contribution in [0.1, 0.15) is 46.4 Å². The molecule has 0 saturated carbocycles. The summed E-state index contributed by atoms with van der Waals surface area (Å²) < 4.78 is 5.31. The summed E-state index contributed by atoms with van der Waals surface area (Å²) in [6, 6.07) is 15.3. The van der Waals surface area contributed by atoms with Gasteiger partial charge in [-0.2, -0.15) is 4.98 Å². The van der Waals surface area contributed by atoms with Crippen LogP contribution in [-0.2, 0) is 6.54 Å². The highest BCUT2D eigenvalue weighted by Gasteiger charge is 2.28. The molecule has 0 spiro atoms. The first-order chi connectivity index (χ1) is 14.1. The monoisotopic (exact) mass is 410 g/mol. The maximum atomic E-state index is 12.9. The molecule has 2 aromatic carbocycles. The molecule has 1 unspecified atom stereocenters. The predicted molar refractivity (Wildman–Crippen MR) is 112 cm³/mol. The summed E-state index contributed by atoms with van der Waals surface area (Å²) in [7, 11) is 0. The third-order valence-corrected chi connectivity index (χ3v) is 5.39. The molecule has 0 radical (unpaired) electrons. The number of likely N-dealkylation sites (tertiary alicyclic amines) is 1. The number of nitrogens with zero attached hydrogens (tertiary/aromatic N) is 3. The van der Waals surface area contributed by atoms with E-state index in [0.29, 0.717) is 30.4 Å². The Hall–Kier alpha value is -2.86. The van der Waals surface area contributed by atoms with Gasteiger partial charge in [-0.05, 0) is 61.7 Å². The summed E-state index contributed by atoms with van der Waals surface area (Å²) in [5.74, 6) is 1.40. The van der Waals surface area contributed by atoms with Gasteiger partial charge >= 0.3 is 0 Å². The van der Waals surface area contributed by atoms with Gasteiger partial charge in [0.15, 0.2) is 5.82 Å². The molecule has 1 amide bonds. The molecule has 1 aromatic heterocycles. The topological polar surface area (TPSA) is 71.3 Å². The molecule has 0 aliphatic carbocycles. The van der Waals surface area contributed by atoms with E-state index < -0.39 is 0 Å². The van der Waals surface area contributed by atoms with Crippen LogP contribution in [0.25, 0.3) is 0 Å². The van der Waals surface area contributed by atoms with Gasteiger partial charge in [0, 0.05) is 35.9 Å². The second kappa shape index (κ2) is 8.66. The second-order valence-corrected chi connectivity index (χ2v) is 7.76. The third kappa shape index (κ3) is 4.77. The molecule has 3 aromatic rings. The number of benzene rings is 2. The van der Waals surface area contributed by atoms with Gasteiger partial charge in [0.25, 0.3) is 5.91 Å². The van der Waals surface area contributed by atoms with Crippen LogP contribution in [-0.4, -0.2) is 34.0 Å². The number of hydrogen-bond acceptors (Lipinski definition) is 5. The Morgan fingerprint density at radius 3 is 2.66 bits per heavy atom. The Balaban J connectivity index is 1.36. The van der Waals surface area contributed by atoms with Crippen molar-refractivity contribution in [1.82, 2.24) is 15.0 Å². The van der Waals surface area contributed by atoms with Gasteiger partial charge in [0.1, 0.15) is 0 Å². The lowest BCUT2D eigenvalue weighted by Gasteiger charge is -2.31. The highest BCUT2D eigenvalue weighted by Crippen LogP contribution is 2.27. The lowest BCUT2D eigenvalue weighted by atomic mass is 9.97. The van der Waals surface area contributed by atoms with Crippen molar-refractivity contribution < 1.29 is 9.32 Å². The Bertz CT molecular complexity index is 969. The molecular formula is C22H23ClN4O2. The Morgan fingerprint density at radius 1 is 1.21 bits per heavy atom. The van der Waals surface area contributed by atoms with Crippen LogP contribution >= 0.6 is 11.6 Å². The smallest absolute Gasteiger partial charge is 0.253 e. The quantitative estimate of drug-likeness (QED) is 0.662. The van der Waals surface area contributed by atoms with E-state index in [1.54, 1.807) is 6.92 Å². The molecule has 1 atom stereocenters. The number of rotatable bonds is 5. The number of halogens is 1. The normalized spacial score (nSPS) is 16.6. The van der Waals surface area contributed by atoms with Gasteiger partial charge in [-0.25, -0.2) is 0 Å². The van der Waals surface area contributed by atoms with E-state index in [-0.39, 0.29) is 11.8 Å². The molecule has 1 aliphatic heterocycles. The van der Waals surface area contributed by atoms with Crippen molar-refractivity contribution in [1.29, 1.82) is 0 Å². The van der Waals surface area contributed by atoms with E-state index in [9.17, 15) is 4.79 Å². The minimum Gasteiger partial charge on any atom is -0.381 e. The number of nitrogens with one attached hydrogen (secondary N) is 1. The van der Waals surface area contributed by atoms with Gasteiger partial charge in [0.05, 0.1) is 5.92 Å². The number of hydrogen-bond donors (Lipinski definition) is 1. The fourth-order valence-electron chi connectivity index (χ4n) is 3.56. The van der Waals surface area contributed by atoms with E-state index in [0.717, 1.165) is 35.7 Å². The van der Waals surface area contributed by atoms with E-state index >= 15 is 0 Å². The summed E-state index contributed by atoms with van der Waals surface area (Å²) >= 11 is 5.92. The van der Waals surface area contributed by atoms with E-state index in [4.69, 9.17) is 16.1 Å². The number of aromatic nitrogens is 2. The highest BCUT2D eigenvalue weighted by atomic mass is 35.5. The van der Waals surface area contributed by atoms with Gasteiger partial charge in [-0.1, -0.05) is 28.9 Å². The number of piperidine rings is 1. The van der Waals surface area contributed by atoms with Crippen molar-refractivity contribution in [2.75, 3.05) is 18.4 Å². The summed E-state index contributed by atoms with van der Waals surface area (Å²) in [6.07, 6.45) is 1.89. The minimum absolute atomic E-state index is 0.0372. The predicted octanol–water partition coefficient (Wildman–Crippen LogP) is 4.66. The average molecular weight is 411 g/mol. The minimum atomic E-state index is 0.0372. The van der Waals surface area contributed by atoms with Gasteiger partial charge in [-0.3, -0.25) is 4.79 Å². The molecule has 6 nitrogen and oxygen atoms in total. The van der Waals surface area contributed by atoms with Crippen LogP contribution in [0, 0.1) is 6.92 Å². The number of anilines is 1. The molecular weight excluding hydrogens is 388 g/mol. The van der Waals surface area contributed by atoms with Gasteiger partial charge in [0.2, 0.25) is 5.89 Å². The van der Waals surface area contributed by atoms with Crippen molar-refractivity contribution in [2.24, 2.45) is 0 Å². The summed E-state index contributed by atoms with van der Waals surface area (Å²) in [4.78, 5) is 19.1. The van der Waals surface area contributed by atoms with Crippen molar-refractivity contribution in [3.63, 3.8) is 0 Å². The van der Waals surface area contributed by atoms with Crippen LogP contribution in [0.5, 0.6) is 0 Å². The highest BCUT2D eigenvalue weighted by molar-refractivity contribution is 6.30. The van der Waals surface area contributed by atoms with Crippen LogP contribution in [0.15, 0.2) is 53.1 Å². The largest absolute Gasteiger partial charge is 0.381 e. The fraction of sp³-hybridized carbons (Fsp3) is 0.318. The zero-order valence-electron chi connectivity index (χ0n) is 16.3. The summed E-state index contributed by atoms with van der Waals surface area (Å²) in [6.45, 7) is 3.86. The Morgan fingerprint density at radius 2 is 1.97 bits per heavy atom. The van der Waals surface area contributed by atoms with Crippen LogP contribution in [0.2, 0.25) is 5.02 Å². The first kappa shape index (κ1) is 19.5. The molecule has 29 heavy (non-hydrogen) atoms. The molecule has 2 heterocycles. The lowest BCUT2D eigenvalue weighted by Crippen LogP contribution is -2.39. The van der Waals surface area contributed by atoms with Crippen molar-refractivity contribution in [3.05, 3.63) is 76.4 Å². The molecule has 150 valence electrons. The Kier molecular flexibility index (Phi) is 5.81. The molecule has 7 heteroatoms.